The highest BCUT2D eigenvalue weighted by atomic mass is 16.5. The zero-order valence-electron chi connectivity index (χ0n) is 15.2. The van der Waals surface area contributed by atoms with Crippen LogP contribution in [0.5, 0.6) is 5.75 Å². The molecule has 4 nitrogen and oxygen atoms in total. The fraction of sp³-hybridized carbons (Fsp3) is 0.174. The number of benzene rings is 3. The van der Waals surface area contributed by atoms with Crippen LogP contribution in [0.4, 0.5) is 11.4 Å². The third-order valence-corrected chi connectivity index (χ3v) is 4.72. The smallest absolute Gasteiger partial charge is 0.201 e. The molecule has 2 N–H and O–H groups in total. The Hall–Kier alpha value is -3.27. The van der Waals surface area contributed by atoms with Crippen LogP contribution in [0.2, 0.25) is 0 Å². The van der Waals surface area contributed by atoms with Crippen molar-refractivity contribution in [3.63, 3.8) is 0 Å². The Morgan fingerprint density at radius 3 is 2.48 bits per heavy atom. The van der Waals surface area contributed by atoms with Gasteiger partial charge in [-0.1, -0.05) is 48.5 Å². The molecule has 0 unspecified atom stereocenters. The van der Waals surface area contributed by atoms with E-state index < -0.39 is 0 Å². The van der Waals surface area contributed by atoms with Gasteiger partial charge in [-0.25, -0.2) is 4.99 Å². The van der Waals surface area contributed by atoms with Gasteiger partial charge in [-0.05, 0) is 54.3 Å². The maximum atomic E-state index is 6.31. The maximum absolute atomic E-state index is 6.31. The molecule has 0 saturated heterocycles. The van der Waals surface area contributed by atoms with Crippen molar-refractivity contribution in [1.29, 1.82) is 0 Å². The molecule has 0 amide bonds. The summed E-state index contributed by atoms with van der Waals surface area (Å²) in [5.41, 5.74) is 10.8. The molecule has 0 bridgehead atoms. The Morgan fingerprint density at radius 1 is 0.926 bits per heavy atom. The highest BCUT2D eigenvalue weighted by Crippen LogP contribution is 2.27. The molecule has 1 heterocycles. The maximum Gasteiger partial charge on any atom is 0.201 e. The molecule has 3 aromatic carbocycles. The standard InChI is InChI=1S/C23H23N3O/c24-23(26-16-6-10-19-9-4-5-11-22(19)26)25-20-12-14-21(15-13-20)27-17-18-7-2-1-3-8-18/h1-5,7-9,11-15H,6,10,16-17H2,(H2,24,25). The van der Waals surface area contributed by atoms with Gasteiger partial charge in [0.15, 0.2) is 0 Å². The second-order valence-electron chi connectivity index (χ2n) is 6.62. The summed E-state index contributed by atoms with van der Waals surface area (Å²) in [5.74, 6) is 1.35. The Labute approximate surface area is 159 Å². The van der Waals surface area contributed by atoms with Gasteiger partial charge in [-0.2, -0.15) is 0 Å². The van der Waals surface area contributed by atoms with Crippen molar-refractivity contribution in [2.24, 2.45) is 10.7 Å². The van der Waals surface area contributed by atoms with Crippen LogP contribution in [0.15, 0.2) is 83.9 Å². The average Bonchev–Trinajstić information content (AvgIpc) is 2.73. The molecule has 3 aromatic rings. The summed E-state index contributed by atoms with van der Waals surface area (Å²) in [4.78, 5) is 6.70. The molecular formula is C23H23N3O. The number of nitrogens with two attached hydrogens (primary N) is 1. The predicted octanol–water partition coefficient (Wildman–Crippen LogP) is 4.66. The first-order valence-electron chi connectivity index (χ1n) is 9.26. The molecule has 27 heavy (non-hydrogen) atoms. The van der Waals surface area contributed by atoms with Crippen LogP contribution in [0.1, 0.15) is 17.5 Å². The number of nitrogens with zero attached hydrogens (tertiary/aromatic N) is 2. The zero-order chi connectivity index (χ0) is 18.5. The number of aryl methyl sites for hydroxylation is 1. The van der Waals surface area contributed by atoms with E-state index in [1.165, 1.54) is 5.56 Å². The van der Waals surface area contributed by atoms with Gasteiger partial charge in [0.1, 0.15) is 12.4 Å². The van der Waals surface area contributed by atoms with Gasteiger partial charge in [0.25, 0.3) is 0 Å². The van der Waals surface area contributed by atoms with E-state index in [0.717, 1.165) is 42.1 Å². The molecule has 0 aliphatic carbocycles. The molecule has 0 spiro atoms. The van der Waals surface area contributed by atoms with Crippen molar-refractivity contribution in [3.8, 4) is 5.75 Å². The summed E-state index contributed by atoms with van der Waals surface area (Å²) in [6, 6.07) is 26.2. The summed E-state index contributed by atoms with van der Waals surface area (Å²) >= 11 is 0. The molecule has 0 atom stereocenters. The number of aliphatic imine (C=N–C) groups is 1. The van der Waals surface area contributed by atoms with Gasteiger partial charge < -0.3 is 15.4 Å². The molecule has 136 valence electrons. The van der Waals surface area contributed by atoms with Gasteiger partial charge in [0.2, 0.25) is 5.96 Å². The Balaban J connectivity index is 1.45. The first-order chi connectivity index (χ1) is 13.3. The summed E-state index contributed by atoms with van der Waals surface area (Å²) < 4.78 is 5.82. The van der Waals surface area contributed by atoms with Gasteiger partial charge in [0.05, 0.1) is 5.69 Å². The van der Waals surface area contributed by atoms with Gasteiger partial charge in [-0.15, -0.1) is 0 Å². The number of ether oxygens (including phenoxy) is 1. The lowest BCUT2D eigenvalue weighted by Gasteiger charge is -2.30. The molecule has 0 radical (unpaired) electrons. The van der Waals surface area contributed by atoms with E-state index >= 15 is 0 Å². The van der Waals surface area contributed by atoms with Crippen molar-refractivity contribution < 1.29 is 4.74 Å². The second kappa shape index (κ2) is 7.96. The quantitative estimate of drug-likeness (QED) is 0.545. The van der Waals surface area contributed by atoms with Crippen LogP contribution in [-0.4, -0.2) is 12.5 Å². The topological polar surface area (TPSA) is 50.9 Å². The normalized spacial score (nSPS) is 13.9. The largest absolute Gasteiger partial charge is 0.489 e. The summed E-state index contributed by atoms with van der Waals surface area (Å²) in [7, 11) is 0. The van der Waals surface area contributed by atoms with E-state index in [4.69, 9.17) is 10.5 Å². The third-order valence-electron chi connectivity index (χ3n) is 4.72. The van der Waals surface area contributed by atoms with E-state index in [1.54, 1.807) is 0 Å². The number of hydrogen-bond acceptors (Lipinski definition) is 2. The lowest BCUT2D eigenvalue weighted by Crippen LogP contribution is -2.40. The van der Waals surface area contributed by atoms with Crippen molar-refractivity contribution in [1.82, 2.24) is 0 Å². The van der Waals surface area contributed by atoms with Crippen LogP contribution in [-0.2, 0) is 13.0 Å². The Morgan fingerprint density at radius 2 is 1.67 bits per heavy atom. The van der Waals surface area contributed by atoms with Crippen LogP contribution >= 0.6 is 0 Å². The predicted molar refractivity (Wildman–Crippen MR) is 111 cm³/mol. The average molecular weight is 357 g/mol. The Kier molecular flexibility index (Phi) is 5.06. The summed E-state index contributed by atoms with van der Waals surface area (Å²) in [5, 5.41) is 0. The number of rotatable bonds is 4. The van der Waals surface area contributed by atoms with E-state index in [2.05, 4.69) is 40.2 Å². The number of para-hydroxylation sites is 1. The Bertz CT molecular complexity index is 920. The van der Waals surface area contributed by atoms with Gasteiger partial charge in [-0.3, -0.25) is 0 Å². The zero-order valence-corrected chi connectivity index (χ0v) is 15.2. The first-order valence-corrected chi connectivity index (χ1v) is 9.26. The molecular weight excluding hydrogens is 334 g/mol. The highest BCUT2D eigenvalue weighted by Gasteiger charge is 2.18. The monoisotopic (exact) mass is 357 g/mol. The molecule has 0 aromatic heterocycles. The van der Waals surface area contributed by atoms with Crippen LogP contribution in [0.3, 0.4) is 0 Å². The molecule has 4 rings (SSSR count). The minimum Gasteiger partial charge on any atom is -0.489 e. The molecule has 1 aliphatic rings. The SMILES string of the molecule is NC(=Nc1ccc(OCc2ccccc2)cc1)N1CCCc2ccccc21. The third kappa shape index (κ3) is 4.11. The van der Waals surface area contributed by atoms with Crippen molar-refractivity contribution in [2.75, 3.05) is 11.4 Å². The second-order valence-corrected chi connectivity index (χ2v) is 6.62. The molecule has 0 saturated carbocycles. The van der Waals surface area contributed by atoms with E-state index in [-0.39, 0.29) is 0 Å². The fourth-order valence-electron chi connectivity index (χ4n) is 3.32. The van der Waals surface area contributed by atoms with Gasteiger partial charge >= 0.3 is 0 Å². The number of fused-ring (bicyclic) bond motifs is 1. The number of hydrogen-bond donors (Lipinski definition) is 1. The first kappa shape index (κ1) is 17.2. The number of guanidine groups is 1. The minimum atomic E-state index is 0.528. The fourth-order valence-corrected chi connectivity index (χ4v) is 3.32. The minimum absolute atomic E-state index is 0.528. The highest BCUT2D eigenvalue weighted by molar-refractivity contribution is 5.97. The van der Waals surface area contributed by atoms with Crippen molar-refractivity contribution in [3.05, 3.63) is 90.0 Å². The van der Waals surface area contributed by atoms with E-state index in [1.807, 2.05) is 48.5 Å². The molecule has 1 aliphatic heterocycles. The van der Waals surface area contributed by atoms with Crippen molar-refractivity contribution in [2.45, 2.75) is 19.4 Å². The summed E-state index contributed by atoms with van der Waals surface area (Å²) in [6.45, 7) is 1.45. The molecule has 0 fully saturated rings. The summed E-state index contributed by atoms with van der Waals surface area (Å²) in [6.07, 6.45) is 2.17. The lowest BCUT2D eigenvalue weighted by molar-refractivity contribution is 0.306. The van der Waals surface area contributed by atoms with Crippen LogP contribution in [0, 0.1) is 0 Å². The van der Waals surface area contributed by atoms with Gasteiger partial charge in [0, 0.05) is 12.2 Å². The van der Waals surface area contributed by atoms with Crippen LogP contribution < -0.4 is 15.4 Å². The van der Waals surface area contributed by atoms with E-state index in [9.17, 15) is 0 Å². The van der Waals surface area contributed by atoms with E-state index in [0.29, 0.717) is 12.6 Å². The number of anilines is 1. The molecule has 4 heteroatoms. The van der Waals surface area contributed by atoms with Crippen LogP contribution in [0.25, 0.3) is 0 Å². The lowest BCUT2D eigenvalue weighted by atomic mass is 10.0. The van der Waals surface area contributed by atoms with Crippen molar-refractivity contribution >= 4 is 17.3 Å².